The number of rotatable bonds is 3. The average Bonchev–Trinajstić information content (AvgIpc) is 2.18. The van der Waals surface area contributed by atoms with Crippen molar-refractivity contribution in [3.8, 4) is 0 Å². The molecule has 0 aromatic heterocycles. The van der Waals surface area contributed by atoms with Crippen LogP contribution in [-0.4, -0.2) is 31.2 Å². The van der Waals surface area contributed by atoms with E-state index >= 15 is 0 Å². The largest absolute Gasteiger partial charge is 0.345 e. The minimum atomic E-state index is -0.0672. The van der Waals surface area contributed by atoms with Crippen molar-refractivity contribution in [2.45, 2.75) is 6.42 Å². The van der Waals surface area contributed by atoms with Crippen molar-refractivity contribution in [3.63, 3.8) is 0 Å². The van der Waals surface area contributed by atoms with Gasteiger partial charge >= 0.3 is 0 Å². The lowest BCUT2D eigenvalue weighted by atomic mass is 10.0. The van der Waals surface area contributed by atoms with Crippen molar-refractivity contribution in [3.05, 3.63) is 35.4 Å². The van der Waals surface area contributed by atoms with Crippen LogP contribution in [0.4, 0.5) is 0 Å². The predicted molar refractivity (Wildman–Crippen MR) is 54.2 cm³/mol. The van der Waals surface area contributed by atoms with Gasteiger partial charge in [-0.05, 0) is 11.6 Å². The van der Waals surface area contributed by atoms with E-state index in [9.17, 15) is 9.59 Å². The molecule has 14 heavy (non-hydrogen) atoms. The van der Waals surface area contributed by atoms with E-state index in [-0.39, 0.29) is 12.3 Å². The fourth-order valence-electron chi connectivity index (χ4n) is 1.24. The van der Waals surface area contributed by atoms with Crippen molar-refractivity contribution in [2.24, 2.45) is 0 Å². The zero-order chi connectivity index (χ0) is 10.6. The van der Waals surface area contributed by atoms with Gasteiger partial charge in [0.2, 0.25) is 0 Å². The fraction of sp³-hybridized carbons (Fsp3) is 0.273. The number of aldehydes is 1. The van der Waals surface area contributed by atoms with Gasteiger partial charge in [0, 0.05) is 26.1 Å². The van der Waals surface area contributed by atoms with Crippen LogP contribution in [-0.2, 0) is 11.2 Å². The molecule has 0 spiro atoms. The van der Waals surface area contributed by atoms with Crippen LogP contribution in [0.2, 0.25) is 0 Å². The summed E-state index contributed by atoms with van der Waals surface area (Å²) in [5.74, 6) is -0.0672. The monoisotopic (exact) mass is 191 g/mol. The van der Waals surface area contributed by atoms with E-state index in [1.54, 1.807) is 32.3 Å². The van der Waals surface area contributed by atoms with E-state index < -0.39 is 0 Å². The normalized spacial score (nSPS) is 9.57. The first-order valence-electron chi connectivity index (χ1n) is 4.40. The van der Waals surface area contributed by atoms with Gasteiger partial charge in [-0.1, -0.05) is 18.2 Å². The van der Waals surface area contributed by atoms with Crippen LogP contribution in [0.3, 0.4) is 0 Å². The molecule has 0 saturated heterocycles. The van der Waals surface area contributed by atoms with Crippen LogP contribution in [0, 0.1) is 0 Å². The molecule has 74 valence electrons. The number of benzene rings is 1. The minimum absolute atomic E-state index is 0.0672. The maximum absolute atomic E-state index is 11.7. The lowest BCUT2D eigenvalue weighted by Crippen LogP contribution is -2.23. The van der Waals surface area contributed by atoms with Gasteiger partial charge in [-0.3, -0.25) is 4.79 Å². The molecule has 0 fully saturated rings. The van der Waals surface area contributed by atoms with Crippen molar-refractivity contribution < 1.29 is 9.59 Å². The predicted octanol–water partition coefficient (Wildman–Crippen LogP) is 1.13. The Balaban J connectivity index is 3.06. The van der Waals surface area contributed by atoms with Crippen molar-refractivity contribution >= 4 is 12.2 Å². The summed E-state index contributed by atoms with van der Waals surface area (Å²) >= 11 is 0. The molecule has 1 rings (SSSR count). The second-order valence-corrected chi connectivity index (χ2v) is 3.23. The fourth-order valence-corrected chi connectivity index (χ4v) is 1.24. The highest BCUT2D eigenvalue weighted by Crippen LogP contribution is 2.10. The van der Waals surface area contributed by atoms with Gasteiger partial charge in [-0.15, -0.1) is 0 Å². The first-order valence-corrected chi connectivity index (χ1v) is 4.40. The van der Waals surface area contributed by atoms with Gasteiger partial charge in [0.15, 0.2) is 0 Å². The maximum atomic E-state index is 11.7. The van der Waals surface area contributed by atoms with Crippen LogP contribution < -0.4 is 0 Å². The van der Waals surface area contributed by atoms with E-state index in [0.29, 0.717) is 5.56 Å². The first kappa shape index (κ1) is 10.4. The molecule has 0 aliphatic heterocycles. The lowest BCUT2D eigenvalue weighted by Gasteiger charge is -2.12. The molecule has 0 heterocycles. The summed E-state index contributed by atoms with van der Waals surface area (Å²) in [6.45, 7) is 0. The summed E-state index contributed by atoms with van der Waals surface area (Å²) in [4.78, 5) is 23.5. The Morgan fingerprint density at radius 1 is 1.36 bits per heavy atom. The molecule has 1 aromatic rings. The molecule has 0 unspecified atom stereocenters. The second kappa shape index (κ2) is 4.56. The third-order valence-electron chi connectivity index (χ3n) is 1.96. The van der Waals surface area contributed by atoms with Crippen LogP contribution in [0.15, 0.2) is 24.3 Å². The van der Waals surface area contributed by atoms with Gasteiger partial charge < -0.3 is 9.69 Å². The molecule has 0 saturated carbocycles. The molecule has 0 bridgehead atoms. The topological polar surface area (TPSA) is 37.4 Å². The smallest absolute Gasteiger partial charge is 0.253 e. The summed E-state index contributed by atoms with van der Waals surface area (Å²) in [7, 11) is 3.39. The third kappa shape index (κ3) is 2.19. The van der Waals surface area contributed by atoms with Crippen molar-refractivity contribution in [1.82, 2.24) is 4.90 Å². The highest BCUT2D eigenvalue weighted by atomic mass is 16.2. The molecular weight excluding hydrogens is 178 g/mol. The SMILES string of the molecule is CN(C)C(=O)c1ccccc1CC=O. The maximum Gasteiger partial charge on any atom is 0.253 e. The average molecular weight is 191 g/mol. The van der Waals surface area contributed by atoms with E-state index in [4.69, 9.17) is 0 Å². The van der Waals surface area contributed by atoms with Gasteiger partial charge in [0.05, 0.1) is 0 Å². The van der Waals surface area contributed by atoms with E-state index in [2.05, 4.69) is 0 Å². The molecule has 1 amide bonds. The molecule has 0 N–H and O–H groups in total. The number of amides is 1. The summed E-state index contributed by atoms with van der Waals surface area (Å²) in [5.41, 5.74) is 1.38. The number of carbonyl (C=O) groups is 2. The lowest BCUT2D eigenvalue weighted by molar-refractivity contribution is -0.107. The van der Waals surface area contributed by atoms with Crippen molar-refractivity contribution in [1.29, 1.82) is 0 Å². The van der Waals surface area contributed by atoms with E-state index in [0.717, 1.165) is 11.8 Å². The third-order valence-corrected chi connectivity index (χ3v) is 1.96. The molecular formula is C11H13NO2. The zero-order valence-corrected chi connectivity index (χ0v) is 8.36. The Hall–Kier alpha value is -1.64. The highest BCUT2D eigenvalue weighted by Gasteiger charge is 2.11. The summed E-state index contributed by atoms with van der Waals surface area (Å²) in [6, 6.07) is 7.16. The Morgan fingerprint density at radius 2 is 2.00 bits per heavy atom. The summed E-state index contributed by atoms with van der Waals surface area (Å²) < 4.78 is 0. The molecule has 0 aliphatic carbocycles. The molecule has 0 radical (unpaired) electrons. The van der Waals surface area contributed by atoms with Crippen LogP contribution in [0.5, 0.6) is 0 Å². The first-order chi connectivity index (χ1) is 6.66. The summed E-state index contributed by atoms with van der Waals surface area (Å²) in [5, 5.41) is 0. The molecule has 1 aromatic carbocycles. The molecule has 3 nitrogen and oxygen atoms in total. The Kier molecular flexibility index (Phi) is 3.40. The number of hydrogen-bond donors (Lipinski definition) is 0. The van der Waals surface area contributed by atoms with Gasteiger partial charge in [0.25, 0.3) is 5.91 Å². The van der Waals surface area contributed by atoms with Crippen LogP contribution in [0.25, 0.3) is 0 Å². The van der Waals surface area contributed by atoms with Crippen LogP contribution >= 0.6 is 0 Å². The quantitative estimate of drug-likeness (QED) is 0.671. The number of nitrogens with zero attached hydrogens (tertiary/aromatic N) is 1. The number of hydrogen-bond acceptors (Lipinski definition) is 2. The molecule has 0 atom stereocenters. The Labute approximate surface area is 83.3 Å². The minimum Gasteiger partial charge on any atom is -0.345 e. The number of carbonyl (C=O) groups excluding carboxylic acids is 2. The summed E-state index contributed by atoms with van der Waals surface area (Å²) in [6.07, 6.45) is 1.09. The van der Waals surface area contributed by atoms with E-state index in [1.807, 2.05) is 6.07 Å². The van der Waals surface area contributed by atoms with Gasteiger partial charge in [-0.25, -0.2) is 0 Å². The highest BCUT2D eigenvalue weighted by molar-refractivity contribution is 5.95. The van der Waals surface area contributed by atoms with Gasteiger partial charge in [0.1, 0.15) is 6.29 Å². The van der Waals surface area contributed by atoms with Gasteiger partial charge in [-0.2, -0.15) is 0 Å². The van der Waals surface area contributed by atoms with E-state index in [1.165, 1.54) is 4.90 Å². The second-order valence-electron chi connectivity index (χ2n) is 3.23. The molecule has 0 aliphatic rings. The van der Waals surface area contributed by atoms with Crippen molar-refractivity contribution in [2.75, 3.05) is 14.1 Å². The van der Waals surface area contributed by atoms with Crippen LogP contribution in [0.1, 0.15) is 15.9 Å². The Bertz CT molecular complexity index is 345. The Morgan fingerprint density at radius 3 is 2.57 bits per heavy atom. The zero-order valence-electron chi connectivity index (χ0n) is 8.36. The standard InChI is InChI=1S/C11H13NO2/c1-12(2)11(14)10-6-4-3-5-9(10)7-8-13/h3-6,8H,7H2,1-2H3. The molecule has 3 heteroatoms.